The maximum absolute atomic E-state index is 12.3. The fourth-order valence-corrected chi connectivity index (χ4v) is 3.03. The van der Waals surface area contributed by atoms with E-state index in [0.29, 0.717) is 18.6 Å². The molecule has 0 bridgehead atoms. The second-order valence-corrected chi connectivity index (χ2v) is 6.35. The number of nitrogens with zero attached hydrogens (tertiary/aromatic N) is 1. The quantitative estimate of drug-likeness (QED) is 0.908. The van der Waals surface area contributed by atoms with Crippen molar-refractivity contribution in [2.24, 2.45) is 0 Å². The van der Waals surface area contributed by atoms with Crippen LogP contribution in [0.1, 0.15) is 44.6 Å². The van der Waals surface area contributed by atoms with E-state index in [1.54, 1.807) is 7.11 Å². The Morgan fingerprint density at radius 2 is 2.09 bits per heavy atom. The van der Waals surface area contributed by atoms with E-state index in [-0.39, 0.29) is 5.91 Å². The van der Waals surface area contributed by atoms with E-state index < -0.39 is 0 Å². The Hall–Kier alpha value is -1.39. The average Bonchev–Trinajstić information content (AvgIpc) is 2.72. The number of hydrogen-bond donors (Lipinski definition) is 1. The van der Waals surface area contributed by atoms with Crippen LogP contribution >= 0.6 is 0 Å². The highest BCUT2D eigenvalue weighted by Gasteiger charge is 2.19. The molecule has 1 amide bonds. The lowest BCUT2D eigenvalue weighted by Gasteiger charge is -2.20. The number of carbonyl (C=O) groups is 1. The summed E-state index contributed by atoms with van der Waals surface area (Å²) in [5, 5.41) is 3.07. The van der Waals surface area contributed by atoms with Crippen LogP contribution in [0.5, 0.6) is 0 Å². The van der Waals surface area contributed by atoms with Gasteiger partial charge in [0.05, 0.1) is 12.6 Å². The first-order valence-corrected chi connectivity index (χ1v) is 8.24. The van der Waals surface area contributed by atoms with Gasteiger partial charge in [-0.2, -0.15) is 0 Å². The van der Waals surface area contributed by atoms with E-state index in [4.69, 9.17) is 4.74 Å². The predicted molar refractivity (Wildman–Crippen MR) is 90.2 cm³/mol. The Morgan fingerprint density at radius 3 is 2.82 bits per heavy atom. The van der Waals surface area contributed by atoms with Crippen LogP contribution in [0.2, 0.25) is 0 Å². The summed E-state index contributed by atoms with van der Waals surface area (Å²) in [4.78, 5) is 14.6. The average molecular weight is 304 g/mol. The molecule has 2 rings (SSSR count). The molecule has 1 aliphatic heterocycles. The maximum atomic E-state index is 12.3. The van der Waals surface area contributed by atoms with Crippen molar-refractivity contribution >= 4 is 11.6 Å². The molecule has 1 aromatic carbocycles. The van der Waals surface area contributed by atoms with Crippen LogP contribution < -0.4 is 5.32 Å². The molecule has 1 unspecified atom stereocenters. The molecule has 1 heterocycles. The van der Waals surface area contributed by atoms with Crippen LogP contribution in [0.15, 0.2) is 24.3 Å². The Balaban J connectivity index is 1.90. The van der Waals surface area contributed by atoms with Crippen molar-refractivity contribution in [2.45, 2.75) is 45.1 Å². The van der Waals surface area contributed by atoms with Gasteiger partial charge in [-0.05, 0) is 43.4 Å². The SMILES string of the molecule is COC1CCCN(CC(=O)Nc2ccccc2C(C)C)CC1. The van der Waals surface area contributed by atoms with Crippen molar-refractivity contribution in [2.75, 3.05) is 32.1 Å². The van der Waals surface area contributed by atoms with Gasteiger partial charge in [0, 0.05) is 19.3 Å². The molecule has 1 N–H and O–H groups in total. The zero-order valence-corrected chi connectivity index (χ0v) is 14.0. The van der Waals surface area contributed by atoms with Gasteiger partial charge in [0.1, 0.15) is 0 Å². The third-order valence-corrected chi connectivity index (χ3v) is 4.33. The summed E-state index contributed by atoms with van der Waals surface area (Å²) in [6.45, 7) is 6.65. The van der Waals surface area contributed by atoms with Crippen LogP contribution in [0.3, 0.4) is 0 Å². The first-order valence-electron chi connectivity index (χ1n) is 8.24. The van der Waals surface area contributed by atoms with Gasteiger partial charge >= 0.3 is 0 Å². The smallest absolute Gasteiger partial charge is 0.238 e. The first kappa shape index (κ1) is 17.0. The minimum atomic E-state index is 0.0731. The first-order chi connectivity index (χ1) is 10.6. The Labute approximate surface area is 133 Å². The minimum absolute atomic E-state index is 0.0731. The number of amides is 1. The molecule has 0 saturated carbocycles. The van der Waals surface area contributed by atoms with Gasteiger partial charge in [-0.1, -0.05) is 32.0 Å². The summed E-state index contributed by atoms with van der Waals surface area (Å²) in [6, 6.07) is 8.05. The molecule has 1 aliphatic rings. The van der Waals surface area contributed by atoms with E-state index in [2.05, 4.69) is 30.1 Å². The van der Waals surface area contributed by atoms with Crippen LogP contribution in [0, 0.1) is 0 Å². The molecule has 1 atom stereocenters. The van der Waals surface area contributed by atoms with Crippen LogP contribution in [0.4, 0.5) is 5.69 Å². The number of hydrogen-bond acceptors (Lipinski definition) is 3. The van der Waals surface area contributed by atoms with Crippen molar-refractivity contribution < 1.29 is 9.53 Å². The summed E-state index contributed by atoms with van der Waals surface area (Å²) in [7, 11) is 1.77. The number of likely N-dealkylation sites (tertiary alicyclic amines) is 1. The fraction of sp³-hybridized carbons (Fsp3) is 0.611. The van der Waals surface area contributed by atoms with E-state index in [0.717, 1.165) is 38.0 Å². The van der Waals surface area contributed by atoms with Gasteiger partial charge in [-0.25, -0.2) is 0 Å². The lowest BCUT2D eigenvalue weighted by Crippen LogP contribution is -2.34. The highest BCUT2D eigenvalue weighted by Crippen LogP contribution is 2.23. The Kier molecular flexibility index (Phi) is 6.40. The number of anilines is 1. The van der Waals surface area contributed by atoms with Gasteiger partial charge in [0.25, 0.3) is 0 Å². The van der Waals surface area contributed by atoms with Gasteiger partial charge in [-0.15, -0.1) is 0 Å². The standard InChI is InChI=1S/C18H28N2O2/c1-14(2)16-8-4-5-9-17(16)19-18(21)13-20-11-6-7-15(22-3)10-12-20/h4-5,8-9,14-15H,6-7,10-13H2,1-3H3,(H,19,21). The van der Waals surface area contributed by atoms with Gasteiger partial charge in [-0.3, -0.25) is 9.69 Å². The van der Waals surface area contributed by atoms with Crippen molar-refractivity contribution in [1.29, 1.82) is 0 Å². The molecule has 4 nitrogen and oxygen atoms in total. The third-order valence-electron chi connectivity index (χ3n) is 4.33. The summed E-state index contributed by atoms with van der Waals surface area (Å²) in [5.41, 5.74) is 2.12. The molecule has 1 fully saturated rings. The van der Waals surface area contributed by atoms with Crippen LogP contribution in [-0.2, 0) is 9.53 Å². The zero-order chi connectivity index (χ0) is 15.9. The van der Waals surface area contributed by atoms with Gasteiger partial charge < -0.3 is 10.1 Å². The molecule has 1 aromatic rings. The fourth-order valence-electron chi connectivity index (χ4n) is 3.03. The highest BCUT2D eigenvalue weighted by molar-refractivity contribution is 5.93. The van der Waals surface area contributed by atoms with Crippen molar-refractivity contribution in [3.8, 4) is 0 Å². The molecule has 0 spiro atoms. The molecule has 0 aromatic heterocycles. The molecule has 122 valence electrons. The number of ether oxygens (including phenoxy) is 1. The van der Waals surface area contributed by atoms with Crippen molar-refractivity contribution in [3.05, 3.63) is 29.8 Å². The number of carbonyl (C=O) groups excluding carboxylic acids is 1. The lowest BCUT2D eigenvalue weighted by molar-refractivity contribution is -0.117. The molecule has 22 heavy (non-hydrogen) atoms. The highest BCUT2D eigenvalue weighted by atomic mass is 16.5. The normalized spacial score (nSPS) is 19.9. The summed E-state index contributed by atoms with van der Waals surface area (Å²) in [6.07, 6.45) is 3.53. The maximum Gasteiger partial charge on any atom is 0.238 e. The molecular formula is C18H28N2O2. The van der Waals surface area contributed by atoms with Crippen molar-refractivity contribution in [1.82, 2.24) is 4.90 Å². The number of para-hydroxylation sites is 1. The largest absolute Gasteiger partial charge is 0.381 e. The molecule has 0 radical (unpaired) electrons. The van der Waals surface area contributed by atoms with Crippen LogP contribution in [0.25, 0.3) is 0 Å². The molecule has 0 aliphatic carbocycles. The van der Waals surface area contributed by atoms with Crippen LogP contribution in [-0.4, -0.2) is 43.7 Å². The number of nitrogens with one attached hydrogen (secondary N) is 1. The summed E-state index contributed by atoms with van der Waals surface area (Å²) < 4.78 is 5.43. The van der Waals surface area contributed by atoms with E-state index >= 15 is 0 Å². The summed E-state index contributed by atoms with van der Waals surface area (Å²) in [5.74, 6) is 0.473. The molecule has 4 heteroatoms. The zero-order valence-electron chi connectivity index (χ0n) is 14.0. The molecule has 1 saturated heterocycles. The topological polar surface area (TPSA) is 41.6 Å². The predicted octanol–water partition coefficient (Wildman–Crippen LogP) is 3.25. The number of rotatable bonds is 5. The Bertz CT molecular complexity index is 488. The Morgan fingerprint density at radius 1 is 1.32 bits per heavy atom. The summed E-state index contributed by atoms with van der Waals surface area (Å²) >= 11 is 0. The van der Waals surface area contributed by atoms with E-state index in [1.807, 2.05) is 18.2 Å². The van der Waals surface area contributed by atoms with Gasteiger partial charge in [0.2, 0.25) is 5.91 Å². The van der Waals surface area contributed by atoms with E-state index in [1.165, 1.54) is 5.56 Å². The van der Waals surface area contributed by atoms with Crippen molar-refractivity contribution in [3.63, 3.8) is 0 Å². The number of benzene rings is 1. The third kappa shape index (κ3) is 4.82. The lowest BCUT2D eigenvalue weighted by atomic mass is 10.0. The second kappa shape index (κ2) is 8.30. The monoisotopic (exact) mass is 304 g/mol. The van der Waals surface area contributed by atoms with E-state index in [9.17, 15) is 4.79 Å². The number of methoxy groups -OCH3 is 1. The minimum Gasteiger partial charge on any atom is -0.381 e. The molecular weight excluding hydrogens is 276 g/mol. The van der Waals surface area contributed by atoms with Gasteiger partial charge in [0.15, 0.2) is 0 Å². The second-order valence-electron chi connectivity index (χ2n) is 6.35.